The third kappa shape index (κ3) is 3.24. The van der Waals surface area contributed by atoms with Gasteiger partial charge in [0.25, 0.3) is 5.91 Å². The van der Waals surface area contributed by atoms with E-state index in [0.717, 1.165) is 29.8 Å². The van der Waals surface area contributed by atoms with E-state index < -0.39 is 0 Å². The molecule has 0 unspecified atom stereocenters. The van der Waals surface area contributed by atoms with Crippen molar-refractivity contribution in [2.45, 2.75) is 32.4 Å². The Morgan fingerprint density at radius 3 is 2.90 bits per heavy atom. The molecule has 1 heterocycles. The average Bonchev–Trinajstić information content (AvgIpc) is 3.25. The Bertz CT molecular complexity index is 658. The molecule has 2 aromatic rings. The molecule has 0 atom stereocenters. The van der Waals surface area contributed by atoms with Crippen LogP contribution in [0.1, 0.15) is 34.5 Å². The van der Waals surface area contributed by atoms with E-state index in [2.05, 4.69) is 15.7 Å². The molecule has 1 amide bonds. The maximum Gasteiger partial charge on any atom is 0.251 e. The lowest BCUT2D eigenvalue weighted by Crippen LogP contribution is -2.25. The van der Waals surface area contributed by atoms with Gasteiger partial charge in [0.2, 0.25) is 0 Å². The summed E-state index contributed by atoms with van der Waals surface area (Å²) in [7, 11) is 1.93. The number of rotatable bonds is 5. The predicted octanol–water partition coefficient (Wildman–Crippen LogP) is 2.23. The first-order valence-electron chi connectivity index (χ1n) is 7.26. The van der Waals surface area contributed by atoms with E-state index in [1.807, 2.05) is 49.1 Å². The van der Waals surface area contributed by atoms with Gasteiger partial charge in [0, 0.05) is 42.1 Å². The third-order valence-electron chi connectivity index (χ3n) is 3.86. The maximum absolute atomic E-state index is 12.0. The van der Waals surface area contributed by atoms with Crippen molar-refractivity contribution in [1.29, 1.82) is 0 Å². The summed E-state index contributed by atoms with van der Waals surface area (Å²) in [6.07, 6.45) is 4.07. The van der Waals surface area contributed by atoms with Gasteiger partial charge in [-0.2, -0.15) is 5.10 Å². The summed E-state index contributed by atoms with van der Waals surface area (Å²) in [6, 6.07) is 7.99. The lowest BCUT2D eigenvalue weighted by molar-refractivity contribution is 0.0951. The highest BCUT2D eigenvalue weighted by molar-refractivity contribution is 5.95. The van der Waals surface area contributed by atoms with Gasteiger partial charge in [-0.3, -0.25) is 9.48 Å². The molecule has 1 aliphatic carbocycles. The molecule has 0 saturated heterocycles. The molecular weight excluding hydrogens is 264 g/mol. The molecule has 0 aliphatic heterocycles. The number of anilines is 1. The Kier molecular flexibility index (Phi) is 3.64. The quantitative estimate of drug-likeness (QED) is 0.885. The number of benzene rings is 1. The standard InChI is InChI=1S/C16H20N4O/c1-11-13(10-18-20(11)2)9-17-15-5-3-4-12(8-15)16(21)19-14-6-7-14/h3-5,8,10,14,17H,6-7,9H2,1-2H3,(H,19,21). The Morgan fingerprint density at radius 1 is 1.43 bits per heavy atom. The largest absolute Gasteiger partial charge is 0.381 e. The van der Waals surface area contributed by atoms with Crippen LogP contribution >= 0.6 is 0 Å². The molecule has 21 heavy (non-hydrogen) atoms. The summed E-state index contributed by atoms with van der Waals surface area (Å²) >= 11 is 0. The normalized spacial score (nSPS) is 14.0. The van der Waals surface area contributed by atoms with Crippen LogP contribution in [0.2, 0.25) is 0 Å². The minimum Gasteiger partial charge on any atom is -0.381 e. The number of aromatic nitrogens is 2. The van der Waals surface area contributed by atoms with Crippen LogP contribution < -0.4 is 10.6 Å². The van der Waals surface area contributed by atoms with Crippen molar-refractivity contribution in [2.24, 2.45) is 7.05 Å². The first-order valence-corrected chi connectivity index (χ1v) is 7.26. The fraction of sp³-hybridized carbons (Fsp3) is 0.375. The van der Waals surface area contributed by atoms with E-state index >= 15 is 0 Å². The maximum atomic E-state index is 12.0. The summed E-state index contributed by atoms with van der Waals surface area (Å²) in [5, 5.41) is 10.6. The first-order chi connectivity index (χ1) is 10.1. The molecule has 110 valence electrons. The van der Waals surface area contributed by atoms with Gasteiger partial charge in [0.05, 0.1) is 6.20 Å². The molecule has 1 saturated carbocycles. The minimum atomic E-state index is 0.0127. The molecule has 5 heteroatoms. The summed E-state index contributed by atoms with van der Waals surface area (Å²) in [5.41, 5.74) is 3.95. The lowest BCUT2D eigenvalue weighted by atomic mass is 10.1. The van der Waals surface area contributed by atoms with Crippen molar-refractivity contribution in [3.63, 3.8) is 0 Å². The van der Waals surface area contributed by atoms with E-state index in [1.165, 1.54) is 0 Å². The van der Waals surface area contributed by atoms with Crippen LogP contribution in [0.5, 0.6) is 0 Å². The molecule has 1 fully saturated rings. The van der Waals surface area contributed by atoms with Crippen LogP contribution in [-0.2, 0) is 13.6 Å². The fourth-order valence-corrected chi connectivity index (χ4v) is 2.18. The SMILES string of the molecule is Cc1c(CNc2cccc(C(=O)NC3CC3)c2)cnn1C. The van der Waals surface area contributed by atoms with Crippen LogP contribution in [0.15, 0.2) is 30.5 Å². The van der Waals surface area contributed by atoms with E-state index in [0.29, 0.717) is 18.2 Å². The van der Waals surface area contributed by atoms with Crippen LogP contribution in [0.25, 0.3) is 0 Å². The van der Waals surface area contributed by atoms with Crippen molar-refractivity contribution < 1.29 is 4.79 Å². The van der Waals surface area contributed by atoms with Crippen molar-refractivity contribution in [3.8, 4) is 0 Å². The van der Waals surface area contributed by atoms with Crippen LogP contribution in [0.3, 0.4) is 0 Å². The molecule has 1 aromatic heterocycles. The first kappa shape index (κ1) is 13.7. The van der Waals surface area contributed by atoms with Gasteiger partial charge in [-0.25, -0.2) is 0 Å². The zero-order chi connectivity index (χ0) is 14.8. The van der Waals surface area contributed by atoms with Crippen LogP contribution in [0, 0.1) is 6.92 Å². The van der Waals surface area contributed by atoms with Gasteiger partial charge >= 0.3 is 0 Å². The Hall–Kier alpha value is -2.30. The van der Waals surface area contributed by atoms with Crippen LogP contribution in [-0.4, -0.2) is 21.7 Å². The molecule has 3 rings (SSSR count). The van der Waals surface area contributed by atoms with Gasteiger partial charge in [-0.15, -0.1) is 0 Å². The highest BCUT2D eigenvalue weighted by atomic mass is 16.1. The van der Waals surface area contributed by atoms with Crippen molar-refractivity contribution >= 4 is 11.6 Å². The van der Waals surface area contributed by atoms with E-state index in [4.69, 9.17) is 0 Å². The Labute approximate surface area is 124 Å². The van der Waals surface area contributed by atoms with E-state index in [1.54, 1.807) is 0 Å². The predicted molar refractivity (Wildman–Crippen MR) is 82.2 cm³/mol. The van der Waals surface area contributed by atoms with Gasteiger partial charge in [-0.1, -0.05) is 6.07 Å². The fourth-order valence-electron chi connectivity index (χ4n) is 2.18. The highest BCUT2D eigenvalue weighted by Crippen LogP contribution is 2.20. The van der Waals surface area contributed by atoms with Crippen LogP contribution in [0.4, 0.5) is 5.69 Å². The number of carbonyl (C=O) groups is 1. The summed E-state index contributed by atoms with van der Waals surface area (Å²) in [6.45, 7) is 2.75. The second-order valence-electron chi connectivity index (χ2n) is 5.56. The number of hydrogen-bond acceptors (Lipinski definition) is 3. The van der Waals surface area contributed by atoms with Gasteiger partial charge < -0.3 is 10.6 Å². The molecule has 1 aromatic carbocycles. The van der Waals surface area contributed by atoms with E-state index in [-0.39, 0.29) is 5.91 Å². The summed E-state index contributed by atoms with van der Waals surface area (Å²) < 4.78 is 1.86. The topological polar surface area (TPSA) is 59.0 Å². The van der Waals surface area contributed by atoms with Crippen molar-refractivity contribution in [2.75, 3.05) is 5.32 Å². The number of aryl methyl sites for hydroxylation is 1. The van der Waals surface area contributed by atoms with Gasteiger partial charge in [0.15, 0.2) is 0 Å². The summed E-state index contributed by atoms with van der Waals surface area (Å²) in [5.74, 6) is 0.0127. The number of carbonyl (C=O) groups excluding carboxylic acids is 1. The number of nitrogens with zero attached hydrogens (tertiary/aromatic N) is 2. The van der Waals surface area contributed by atoms with Crippen molar-refractivity contribution in [3.05, 3.63) is 47.3 Å². The highest BCUT2D eigenvalue weighted by Gasteiger charge is 2.23. The average molecular weight is 284 g/mol. The molecule has 1 aliphatic rings. The van der Waals surface area contributed by atoms with E-state index in [9.17, 15) is 4.79 Å². The number of hydrogen-bond donors (Lipinski definition) is 2. The molecule has 0 radical (unpaired) electrons. The minimum absolute atomic E-state index is 0.0127. The number of nitrogens with one attached hydrogen (secondary N) is 2. The lowest BCUT2D eigenvalue weighted by Gasteiger charge is -2.08. The van der Waals surface area contributed by atoms with Gasteiger partial charge in [0.1, 0.15) is 0 Å². The molecule has 0 bridgehead atoms. The van der Waals surface area contributed by atoms with Gasteiger partial charge in [-0.05, 0) is 38.0 Å². The molecule has 5 nitrogen and oxygen atoms in total. The Morgan fingerprint density at radius 2 is 2.24 bits per heavy atom. The second-order valence-corrected chi connectivity index (χ2v) is 5.56. The molecular formula is C16H20N4O. The zero-order valence-electron chi connectivity index (χ0n) is 12.4. The number of amides is 1. The second kappa shape index (κ2) is 5.60. The van der Waals surface area contributed by atoms with Crippen molar-refractivity contribution in [1.82, 2.24) is 15.1 Å². The molecule has 2 N–H and O–H groups in total. The summed E-state index contributed by atoms with van der Waals surface area (Å²) in [4.78, 5) is 12.0. The molecule has 0 spiro atoms. The Balaban J connectivity index is 1.65. The smallest absolute Gasteiger partial charge is 0.251 e. The third-order valence-corrected chi connectivity index (χ3v) is 3.86. The monoisotopic (exact) mass is 284 g/mol. The zero-order valence-corrected chi connectivity index (χ0v) is 12.4.